The first-order valence-corrected chi connectivity index (χ1v) is 7.60. The number of carbonyl (C=O) groups is 1. The maximum absolute atomic E-state index is 12.2. The molecule has 0 radical (unpaired) electrons. The van der Waals surface area contributed by atoms with Crippen molar-refractivity contribution in [1.82, 2.24) is 10.3 Å². The van der Waals surface area contributed by atoms with Gasteiger partial charge in [-0.15, -0.1) is 0 Å². The maximum Gasteiger partial charge on any atom is 0.252 e. The zero-order chi connectivity index (χ0) is 15.6. The third kappa shape index (κ3) is 2.88. The van der Waals surface area contributed by atoms with E-state index in [0.29, 0.717) is 12.0 Å². The normalized spacial score (nSPS) is 20.3. The largest absolute Gasteiger partial charge is 0.383 e. The number of hydrogen-bond donors (Lipinski definition) is 2. The molecule has 0 saturated heterocycles. The summed E-state index contributed by atoms with van der Waals surface area (Å²) in [5.74, 6) is -0.205. The zero-order valence-corrected chi connectivity index (χ0v) is 12.7. The SMILES string of the molecule is Cc1ccc(C(=O)NC[C@@]2(O)CCCc3ccccc32)cn1. The lowest BCUT2D eigenvalue weighted by molar-refractivity contribution is 0.0189. The van der Waals surface area contributed by atoms with Crippen molar-refractivity contribution in [2.45, 2.75) is 31.8 Å². The Morgan fingerprint density at radius 1 is 1.32 bits per heavy atom. The summed E-state index contributed by atoms with van der Waals surface area (Å²) >= 11 is 0. The molecular formula is C18H20N2O2. The highest BCUT2D eigenvalue weighted by atomic mass is 16.3. The molecule has 0 bridgehead atoms. The number of benzene rings is 1. The molecule has 4 heteroatoms. The number of aromatic nitrogens is 1. The third-order valence-corrected chi connectivity index (χ3v) is 4.27. The van der Waals surface area contributed by atoms with E-state index >= 15 is 0 Å². The van der Waals surface area contributed by atoms with E-state index in [-0.39, 0.29) is 12.5 Å². The number of aryl methyl sites for hydroxylation is 2. The van der Waals surface area contributed by atoms with Crippen molar-refractivity contribution in [3.05, 3.63) is 65.0 Å². The fraction of sp³-hybridized carbons (Fsp3) is 0.333. The first kappa shape index (κ1) is 14.7. The molecule has 1 aromatic heterocycles. The van der Waals surface area contributed by atoms with Gasteiger partial charge in [-0.2, -0.15) is 0 Å². The van der Waals surface area contributed by atoms with Crippen molar-refractivity contribution in [3.63, 3.8) is 0 Å². The van der Waals surface area contributed by atoms with E-state index in [1.807, 2.05) is 31.2 Å². The van der Waals surface area contributed by atoms with Crippen molar-refractivity contribution in [1.29, 1.82) is 0 Å². The molecule has 4 nitrogen and oxygen atoms in total. The molecule has 1 amide bonds. The lowest BCUT2D eigenvalue weighted by Gasteiger charge is -2.34. The molecule has 0 aliphatic heterocycles. The van der Waals surface area contributed by atoms with Crippen molar-refractivity contribution in [3.8, 4) is 0 Å². The molecule has 0 saturated carbocycles. The van der Waals surface area contributed by atoms with Gasteiger partial charge in [-0.05, 0) is 49.4 Å². The van der Waals surface area contributed by atoms with Gasteiger partial charge in [0.25, 0.3) is 5.91 Å². The van der Waals surface area contributed by atoms with Crippen LogP contribution in [0.25, 0.3) is 0 Å². The number of aliphatic hydroxyl groups is 1. The van der Waals surface area contributed by atoms with Crippen LogP contribution in [0.5, 0.6) is 0 Å². The van der Waals surface area contributed by atoms with E-state index in [0.717, 1.165) is 24.1 Å². The Morgan fingerprint density at radius 2 is 2.14 bits per heavy atom. The number of pyridine rings is 1. The quantitative estimate of drug-likeness (QED) is 0.914. The number of rotatable bonds is 3. The molecule has 1 atom stereocenters. The van der Waals surface area contributed by atoms with Crippen molar-refractivity contribution in [2.75, 3.05) is 6.54 Å². The van der Waals surface area contributed by atoms with Gasteiger partial charge in [0.2, 0.25) is 0 Å². The molecule has 2 aromatic rings. The topological polar surface area (TPSA) is 62.2 Å². The highest BCUT2D eigenvalue weighted by Gasteiger charge is 2.34. The fourth-order valence-electron chi connectivity index (χ4n) is 3.01. The van der Waals surface area contributed by atoms with E-state index in [1.54, 1.807) is 18.3 Å². The summed E-state index contributed by atoms with van der Waals surface area (Å²) in [6.07, 6.45) is 4.13. The molecule has 1 aliphatic rings. The highest BCUT2D eigenvalue weighted by molar-refractivity contribution is 5.93. The second kappa shape index (κ2) is 5.89. The van der Waals surface area contributed by atoms with Crippen LogP contribution in [0.2, 0.25) is 0 Å². The van der Waals surface area contributed by atoms with Gasteiger partial charge in [0, 0.05) is 11.9 Å². The van der Waals surface area contributed by atoms with Crippen LogP contribution in [-0.2, 0) is 12.0 Å². The van der Waals surface area contributed by atoms with Gasteiger partial charge in [0.15, 0.2) is 0 Å². The molecule has 22 heavy (non-hydrogen) atoms. The van der Waals surface area contributed by atoms with Gasteiger partial charge in [-0.3, -0.25) is 9.78 Å². The van der Waals surface area contributed by atoms with Gasteiger partial charge < -0.3 is 10.4 Å². The van der Waals surface area contributed by atoms with E-state index in [1.165, 1.54) is 5.56 Å². The smallest absolute Gasteiger partial charge is 0.252 e. The summed E-state index contributed by atoms with van der Waals surface area (Å²) in [5, 5.41) is 13.8. The van der Waals surface area contributed by atoms with Crippen molar-refractivity contribution >= 4 is 5.91 Å². The minimum Gasteiger partial charge on any atom is -0.383 e. The van der Waals surface area contributed by atoms with Gasteiger partial charge in [-0.1, -0.05) is 24.3 Å². The lowest BCUT2D eigenvalue weighted by atomic mass is 9.79. The summed E-state index contributed by atoms with van der Waals surface area (Å²) < 4.78 is 0. The Kier molecular flexibility index (Phi) is 3.94. The third-order valence-electron chi connectivity index (χ3n) is 4.27. The van der Waals surface area contributed by atoms with Gasteiger partial charge in [0.05, 0.1) is 12.1 Å². The maximum atomic E-state index is 12.2. The monoisotopic (exact) mass is 296 g/mol. The van der Waals surface area contributed by atoms with Crippen LogP contribution in [0.4, 0.5) is 0 Å². The second-order valence-corrected chi connectivity index (χ2v) is 5.91. The summed E-state index contributed by atoms with van der Waals surface area (Å²) in [6.45, 7) is 2.10. The number of amides is 1. The van der Waals surface area contributed by atoms with E-state index in [2.05, 4.69) is 10.3 Å². The predicted molar refractivity (Wildman–Crippen MR) is 84.6 cm³/mol. The molecule has 114 valence electrons. The van der Waals surface area contributed by atoms with Crippen LogP contribution in [0.3, 0.4) is 0 Å². The Bertz CT molecular complexity index is 682. The van der Waals surface area contributed by atoms with E-state index in [9.17, 15) is 9.90 Å². The van der Waals surface area contributed by atoms with Crippen LogP contribution in [0.15, 0.2) is 42.6 Å². The van der Waals surface area contributed by atoms with Crippen LogP contribution in [0.1, 0.15) is 40.0 Å². The molecule has 0 unspecified atom stereocenters. The lowest BCUT2D eigenvalue weighted by Crippen LogP contribution is -2.43. The number of fused-ring (bicyclic) bond motifs is 1. The molecule has 3 rings (SSSR count). The molecule has 1 aliphatic carbocycles. The second-order valence-electron chi connectivity index (χ2n) is 5.91. The fourth-order valence-corrected chi connectivity index (χ4v) is 3.01. The van der Waals surface area contributed by atoms with Crippen LogP contribution in [-0.4, -0.2) is 22.5 Å². The average Bonchev–Trinajstić information content (AvgIpc) is 2.54. The Labute approximate surface area is 130 Å². The molecular weight excluding hydrogens is 276 g/mol. The molecule has 1 heterocycles. The summed E-state index contributed by atoms with van der Waals surface area (Å²) in [6, 6.07) is 11.5. The van der Waals surface area contributed by atoms with Crippen molar-refractivity contribution in [2.24, 2.45) is 0 Å². The number of nitrogens with zero attached hydrogens (tertiary/aromatic N) is 1. The average molecular weight is 296 g/mol. The Morgan fingerprint density at radius 3 is 2.91 bits per heavy atom. The van der Waals surface area contributed by atoms with Crippen LogP contribution < -0.4 is 5.32 Å². The van der Waals surface area contributed by atoms with Gasteiger partial charge >= 0.3 is 0 Å². The predicted octanol–water partition coefficient (Wildman–Crippen LogP) is 2.34. The van der Waals surface area contributed by atoms with Crippen molar-refractivity contribution < 1.29 is 9.90 Å². The molecule has 0 fully saturated rings. The summed E-state index contributed by atoms with van der Waals surface area (Å²) in [5.41, 5.74) is 2.50. The first-order chi connectivity index (χ1) is 10.6. The number of nitrogens with one attached hydrogen (secondary N) is 1. The summed E-state index contributed by atoms with van der Waals surface area (Å²) in [7, 11) is 0. The molecule has 2 N–H and O–H groups in total. The minimum absolute atomic E-state index is 0.205. The highest BCUT2D eigenvalue weighted by Crippen LogP contribution is 2.34. The first-order valence-electron chi connectivity index (χ1n) is 7.60. The number of carbonyl (C=O) groups excluding carboxylic acids is 1. The summed E-state index contributed by atoms with van der Waals surface area (Å²) in [4.78, 5) is 16.3. The van der Waals surface area contributed by atoms with Gasteiger partial charge in [0.1, 0.15) is 5.60 Å². The van der Waals surface area contributed by atoms with E-state index < -0.39 is 5.60 Å². The Hall–Kier alpha value is -2.20. The minimum atomic E-state index is -0.984. The van der Waals surface area contributed by atoms with Crippen LogP contribution >= 0.6 is 0 Å². The van der Waals surface area contributed by atoms with Crippen LogP contribution in [0, 0.1) is 6.92 Å². The Balaban J connectivity index is 1.73. The molecule has 1 aromatic carbocycles. The standard InChI is InChI=1S/C18H20N2O2/c1-13-8-9-15(11-19-13)17(21)20-12-18(22)10-4-6-14-5-2-3-7-16(14)18/h2-3,5,7-9,11,22H,4,6,10,12H2,1H3,(H,20,21)/t18-/m0/s1. The van der Waals surface area contributed by atoms with Gasteiger partial charge in [-0.25, -0.2) is 0 Å². The number of hydrogen-bond acceptors (Lipinski definition) is 3. The van der Waals surface area contributed by atoms with E-state index in [4.69, 9.17) is 0 Å². The molecule has 0 spiro atoms. The zero-order valence-electron chi connectivity index (χ0n) is 12.7.